The molecule has 92 valence electrons. The third-order valence-electron chi connectivity index (χ3n) is 2.49. The van der Waals surface area contributed by atoms with Gasteiger partial charge in [-0.3, -0.25) is 0 Å². The minimum Gasteiger partial charge on any atom is -0.392 e. The number of hydrogen-bond donors (Lipinski definition) is 1. The minimum atomic E-state index is -1.27. The van der Waals surface area contributed by atoms with Crippen LogP contribution in [0.25, 0.3) is 4.91 Å². The molecule has 2 aromatic carbocycles. The summed E-state index contributed by atoms with van der Waals surface area (Å²) in [5.41, 5.74) is 0.869. The zero-order chi connectivity index (χ0) is 12.8. The first-order chi connectivity index (χ1) is 8.83. The Labute approximate surface area is 109 Å². The second kappa shape index (κ2) is 6.28. The van der Waals surface area contributed by atoms with Gasteiger partial charge >= 0.3 is 0 Å². The molecule has 0 saturated carbocycles. The first kappa shape index (κ1) is 12.7. The molecule has 0 radical (unpaired) electrons. The highest BCUT2D eigenvalue weighted by molar-refractivity contribution is 7.94. The van der Waals surface area contributed by atoms with Gasteiger partial charge in [-0.2, -0.15) is 0 Å². The molecule has 0 aliphatic heterocycles. The van der Waals surface area contributed by atoms with Crippen molar-refractivity contribution in [3.05, 3.63) is 72.3 Å². The number of hydrogen-bond acceptors (Lipinski definition) is 2. The molecule has 0 bridgehead atoms. The van der Waals surface area contributed by atoms with Crippen LogP contribution in [0.5, 0.6) is 0 Å². The zero-order valence-electron chi connectivity index (χ0n) is 9.82. The van der Waals surface area contributed by atoms with Crippen molar-refractivity contribution in [2.75, 3.05) is 6.61 Å². The van der Waals surface area contributed by atoms with Gasteiger partial charge < -0.3 is 5.11 Å². The van der Waals surface area contributed by atoms with Crippen molar-refractivity contribution in [2.24, 2.45) is 0 Å². The third-order valence-corrected chi connectivity index (χ3v) is 3.99. The predicted molar refractivity (Wildman–Crippen MR) is 74.4 cm³/mol. The van der Waals surface area contributed by atoms with Gasteiger partial charge in [-0.1, -0.05) is 48.5 Å². The lowest BCUT2D eigenvalue weighted by molar-refractivity contribution is 0.343. The molecule has 1 N–H and O–H groups in total. The Morgan fingerprint density at radius 1 is 1.00 bits per heavy atom. The Kier molecular flexibility index (Phi) is 4.45. The average Bonchev–Trinajstić information content (AvgIpc) is 2.46. The Morgan fingerprint density at radius 3 is 2.11 bits per heavy atom. The van der Waals surface area contributed by atoms with Crippen LogP contribution < -0.4 is 0 Å². The van der Waals surface area contributed by atoms with Crippen LogP contribution in [0.15, 0.2) is 71.6 Å². The molecule has 0 aliphatic rings. The van der Waals surface area contributed by atoms with E-state index in [2.05, 4.69) is 0 Å². The maximum absolute atomic E-state index is 12.5. The summed E-state index contributed by atoms with van der Waals surface area (Å²) in [6, 6.07) is 18.7. The molecule has 1 atom stereocenters. The predicted octanol–water partition coefficient (Wildman–Crippen LogP) is 2.83. The van der Waals surface area contributed by atoms with Gasteiger partial charge in [-0.15, -0.1) is 0 Å². The summed E-state index contributed by atoms with van der Waals surface area (Å²) in [6.45, 7) is -0.122. The van der Waals surface area contributed by atoms with Gasteiger partial charge in [0.25, 0.3) is 0 Å². The summed E-state index contributed by atoms with van der Waals surface area (Å²) >= 11 is 0. The summed E-state index contributed by atoms with van der Waals surface area (Å²) in [4.78, 5) is 1.38. The first-order valence-electron chi connectivity index (χ1n) is 5.66. The van der Waals surface area contributed by atoms with Crippen molar-refractivity contribution < 1.29 is 9.32 Å². The number of aliphatic hydroxyl groups is 1. The maximum Gasteiger partial charge on any atom is 0.0853 e. The molecule has 1 unspecified atom stereocenters. The van der Waals surface area contributed by atoms with E-state index in [0.29, 0.717) is 4.91 Å². The topological polar surface area (TPSA) is 37.3 Å². The van der Waals surface area contributed by atoms with Gasteiger partial charge in [0.1, 0.15) is 0 Å². The maximum atomic E-state index is 12.5. The van der Waals surface area contributed by atoms with E-state index in [0.717, 1.165) is 10.5 Å². The molecule has 3 heteroatoms. The van der Waals surface area contributed by atoms with Crippen LogP contribution in [-0.2, 0) is 10.8 Å². The van der Waals surface area contributed by atoms with Crippen molar-refractivity contribution in [3.8, 4) is 0 Å². The lowest BCUT2D eigenvalue weighted by Gasteiger charge is -2.07. The van der Waals surface area contributed by atoms with E-state index in [9.17, 15) is 4.21 Å². The molecule has 0 heterocycles. The monoisotopic (exact) mass is 258 g/mol. The second-order valence-electron chi connectivity index (χ2n) is 3.70. The van der Waals surface area contributed by atoms with Gasteiger partial charge in [-0.05, 0) is 23.8 Å². The second-order valence-corrected chi connectivity index (χ2v) is 5.15. The molecular weight excluding hydrogens is 244 g/mol. The summed E-state index contributed by atoms with van der Waals surface area (Å²) in [5.74, 6) is 0. The van der Waals surface area contributed by atoms with E-state index >= 15 is 0 Å². The lowest BCUT2D eigenvalue weighted by atomic mass is 10.2. The van der Waals surface area contributed by atoms with E-state index in [4.69, 9.17) is 5.11 Å². The Balaban J connectivity index is 2.39. The molecule has 2 rings (SSSR count). The Hall–Kier alpha value is -1.71. The quantitative estimate of drug-likeness (QED) is 0.915. The number of aliphatic hydroxyl groups excluding tert-OH is 1. The van der Waals surface area contributed by atoms with E-state index in [1.54, 1.807) is 6.08 Å². The van der Waals surface area contributed by atoms with Crippen LogP contribution in [0.1, 0.15) is 5.56 Å². The lowest BCUT2D eigenvalue weighted by Crippen LogP contribution is -1.97. The Bertz CT molecular complexity index is 547. The highest BCUT2D eigenvalue weighted by Crippen LogP contribution is 2.23. The van der Waals surface area contributed by atoms with Gasteiger partial charge in [0.15, 0.2) is 0 Å². The number of rotatable bonds is 4. The fraction of sp³-hybridized carbons (Fsp3) is 0.0667. The van der Waals surface area contributed by atoms with Crippen molar-refractivity contribution in [2.45, 2.75) is 4.90 Å². The van der Waals surface area contributed by atoms with Crippen molar-refractivity contribution in [3.63, 3.8) is 0 Å². The molecule has 0 spiro atoms. The largest absolute Gasteiger partial charge is 0.392 e. The van der Waals surface area contributed by atoms with Gasteiger partial charge in [0.2, 0.25) is 0 Å². The first-order valence-corrected chi connectivity index (χ1v) is 6.81. The Morgan fingerprint density at radius 2 is 1.56 bits per heavy atom. The normalized spacial score (nSPS) is 13.3. The third kappa shape index (κ3) is 2.94. The van der Waals surface area contributed by atoms with Crippen LogP contribution in [0.2, 0.25) is 0 Å². The minimum absolute atomic E-state index is 0.122. The molecule has 0 aliphatic carbocycles. The van der Waals surface area contributed by atoms with Crippen molar-refractivity contribution in [1.82, 2.24) is 0 Å². The summed E-state index contributed by atoms with van der Waals surface area (Å²) in [5, 5.41) is 9.08. The van der Waals surface area contributed by atoms with Gasteiger partial charge in [0, 0.05) is 9.80 Å². The van der Waals surface area contributed by atoms with Crippen molar-refractivity contribution >= 4 is 15.7 Å². The number of benzene rings is 2. The highest BCUT2D eigenvalue weighted by atomic mass is 32.2. The summed E-state index contributed by atoms with van der Waals surface area (Å²) < 4.78 is 12.5. The molecule has 18 heavy (non-hydrogen) atoms. The van der Waals surface area contributed by atoms with Gasteiger partial charge in [0.05, 0.1) is 17.4 Å². The fourth-order valence-corrected chi connectivity index (χ4v) is 2.89. The van der Waals surface area contributed by atoms with Gasteiger partial charge in [-0.25, -0.2) is 4.21 Å². The molecule has 0 fully saturated rings. The summed E-state index contributed by atoms with van der Waals surface area (Å²) in [7, 11) is -1.27. The van der Waals surface area contributed by atoms with Crippen molar-refractivity contribution in [1.29, 1.82) is 0 Å². The average molecular weight is 258 g/mol. The smallest absolute Gasteiger partial charge is 0.0853 e. The molecule has 2 aromatic rings. The SMILES string of the molecule is O=S(/C(=C\CO)c1ccccc1)c1ccccc1. The highest BCUT2D eigenvalue weighted by Gasteiger charge is 2.11. The molecule has 0 amide bonds. The molecule has 0 saturated heterocycles. The van der Waals surface area contributed by atoms with E-state index in [1.165, 1.54) is 0 Å². The fourth-order valence-electron chi connectivity index (χ4n) is 1.66. The molecule has 0 aromatic heterocycles. The zero-order valence-corrected chi connectivity index (χ0v) is 10.6. The summed E-state index contributed by atoms with van der Waals surface area (Å²) in [6.07, 6.45) is 1.60. The van der Waals surface area contributed by atoms with Crippen LogP contribution in [0.4, 0.5) is 0 Å². The van der Waals surface area contributed by atoms with Crippen LogP contribution >= 0.6 is 0 Å². The van der Waals surface area contributed by atoms with E-state index in [-0.39, 0.29) is 6.61 Å². The van der Waals surface area contributed by atoms with E-state index in [1.807, 2.05) is 60.7 Å². The van der Waals surface area contributed by atoms with Crippen LogP contribution in [0.3, 0.4) is 0 Å². The standard InChI is InChI=1S/C15H14O2S/c16-12-11-15(13-7-3-1-4-8-13)18(17)14-9-5-2-6-10-14/h1-11,16H,12H2/b15-11-. The van der Waals surface area contributed by atoms with Crippen LogP contribution in [0, 0.1) is 0 Å². The molecular formula is C15H14O2S. The van der Waals surface area contributed by atoms with Crippen LogP contribution in [-0.4, -0.2) is 15.9 Å². The van der Waals surface area contributed by atoms with E-state index < -0.39 is 10.8 Å². The molecule has 2 nitrogen and oxygen atoms in total.